The Morgan fingerprint density at radius 1 is 1.54 bits per heavy atom. The molecule has 0 aliphatic carbocycles. The number of carbonyl (C=O) groups is 1. The Morgan fingerprint density at radius 2 is 2.00 bits per heavy atom. The quantitative estimate of drug-likeness (QED) is 0.296. The van der Waals surface area contributed by atoms with Gasteiger partial charge in [0.1, 0.15) is 0 Å². The Labute approximate surface area is 90.2 Å². The Bertz CT molecular complexity index is 297. The Morgan fingerprint density at radius 3 is 2.31 bits per heavy atom. The summed E-state index contributed by atoms with van der Waals surface area (Å²) in [4.78, 5) is 10.2. The first-order valence-corrected chi connectivity index (χ1v) is 4.79. The molecule has 0 aromatic rings. The predicted molar refractivity (Wildman–Crippen MR) is 43.5 cm³/mol. The van der Waals surface area contributed by atoms with Crippen LogP contribution in [0.3, 0.4) is 0 Å². The second-order valence-electron chi connectivity index (χ2n) is 2.27. The summed E-state index contributed by atoms with van der Waals surface area (Å²) in [5.41, 5.74) is 0.0682. The summed E-state index contributed by atoms with van der Waals surface area (Å²) < 4.78 is 28.6. The van der Waals surface area contributed by atoms with Crippen molar-refractivity contribution in [2.75, 3.05) is 5.75 Å². The smallest absolute Gasteiger partial charge is 1.00 e. The van der Waals surface area contributed by atoms with E-state index in [-0.39, 0.29) is 32.3 Å². The van der Waals surface area contributed by atoms with Crippen LogP contribution in [0.5, 0.6) is 0 Å². The van der Waals surface area contributed by atoms with E-state index in [9.17, 15) is 13.2 Å². The van der Waals surface area contributed by atoms with Crippen molar-refractivity contribution in [1.29, 1.82) is 0 Å². The van der Waals surface area contributed by atoms with Crippen molar-refractivity contribution in [1.82, 2.24) is 0 Å². The molecule has 0 unspecified atom stereocenters. The molecule has 5 nitrogen and oxygen atoms in total. The Kier molecular flexibility index (Phi) is 7.27. The van der Waals surface area contributed by atoms with Crippen LogP contribution in [0.25, 0.3) is 0 Å². The second-order valence-corrected chi connectivity index (χ2v) is 3.84. The summed E-state index contributed by atoms with van der Waals surface area (Å²) in [5.74, 6) is -1.54. The maximum absolute atomic E-state index is 10.2. The van der Waals surface area contributed by atoms with Gasteiger partial charge >= 0.3 is 24.8 Å². The average molecular weight is 202 g/mol. The van der Waals surface area contributed by atoms with Gasteiger partial charge in [-0.15, -0.1) is 0 Å². The number of hydrogen-bond donors (Lipinski definition) is 2. The van der Waals surface area contributed by atoms with Crippen LogP contribution in [0.2, 0.25) is 0 Å². The van der Waals surface area contributed by atoms with Crippen molar-refractivity contribution in [3.8, 4) is 0 Å². The minimum Gasteiger partial charge on any atom is -1.00 e. The summed E-state index contributed by atoms with van der Waals surface area (Å²) in [6.07, 6.45) is 1.26. The molecular weight excluding hydrogens is 191 g/mol. The van der Waals surface area contributed by atoms with E-state index in [1.807, 2.05) is 0 Å². The molecule has 72 valence electrons. The maximum Gasteiger partial charge on any atom is 1.00 e. The third-order valence-corrected chi connectivity index (χ3v) is 1.92. The molecule has 0 aromatic carbocycles. The summed E-state index contributed by atoms with van der Waals surface area (Å²) in [6, 6.07) is 0. The van der Waals surface area contributed by atoms with Crippen molar-refractivity contribution >= 4 is 16.1 Å². The topological polar surface area (TPSA) is 91.7 Å². The first kappa shape index (κ1) is 15.2. The molecule has 7 heteroatoms. The molecular formula is C6H11LiO5S. The fourth-order valence-electron chi connectivity index (χ4n) is 0.512. The summed E-state index contributed by atoms with van der Waals surface area (Å²) in [6.45, 7) is 1.35. The van der Waals surface area contributed by atoms with Crippen molar-refractivity contribution in [2.45, 2.75) is 13.3 Å². The van der Waals surface area contributed by atoms with Gasteiger partial charge in [-0.1, -0.05) is 6.08 Å². The number of hydrogen-bond acceptors (Lipinski definition) is 3. The molecule has 0 aliphatic heterocycles. The average Bonchev–Trinajstić information content (AvgIpc) is 1.84. The van der Waals surface area contributed by atoms with Gasteiger partial charge in [0.25, 0.3) is 10.1 Å². The molecule has 2 N–H and O–H groups in total. The summed E-state index contributed by atoms with van der Waals surface area (Å²) >= 11 is 0. The van der Waals surface area contributed by atoms with Crippen LogP contribution in [0.15, 0.2) is 11.6 Å². The van der Waals surface area contributed by atoms with E-state index in [0.29, 0.717) is 0 Å². The molecule has 0 saturated carbocycles. The zero-order valence-corrected chi connectivity index (χ0v) is 8.34. The minimum absolute atomic E-state index is 0. The molecule has 0 fully saturated rings. The van der Waals surface area contributed by atoms with E-state index in [2.05, 4.69) is 0 Å². The monoisotopic (exact) mass is 202 g/mol. The molecule has 0 bridgehead atoms. The van der Waals surface area contributed by atoms with Gasteiger partial charge in [-0.25, -0.2) is 4.79 Å². The van der Waals surface area contributed by atoms with Gasteiger partial charge in [-0.05, 0) is 13.3 Å². The van der Waals surface area contributed by atoms with E-state index in [1.165, 1.54) is 13.0 Å². The first-order valence-electron chi connectivity index (χ1n) is 3.18. The molecule has 0 saturated heterocycles. The summed E-state index contributed by atoms with van der Waals surface area (Å²) in [5, 5.41) is 8.33. The third kappa shape index (κ3) is 9.63. The SMILES string of the molecule is CC(=CCCS(=O)(=O)O)C(=O)O.[H-].[Li+]. The van der Waals surface area contributed by atoms with Gasteiger partial charge in [0.2, 0.25) is 0 Å². The van der Waals surface area contributed by atoms with Crippen LogP contribution >= 0.6 is 0 Å². The number of allylic oxidation sites excluding steroid dienone is 1. The Balaban J connectivity index is -0.000000605. The fraction of sp³-hybridized carbons (Fsp3) is 0.500. The normalized spacial score (nSPS) is 12.0. The molecule has 0 amide bonds. The van der Waals surface area contributed by atoms with Crippen LogP contribution < -0.4 is 18.9 Å². The second kappa shape index (κ2) is 6.21. The standard InChI is InChI=1S/C6H10O5S.Li.H/c1-5(6(7)8)3-2-4-12(9,10)11;;/h3H,2,4H2,1H3,(H,7,8)(H,9,10,11);;/q;+1;-1. The third-order valence-electron chi connectivity index (χ3n) is 1.16. The molecule has 13 heavy (non-hydrogen) atoms. The molecule has 0 radical (unpaired) electrons. The van der Waals surface area contributed by atoms with E-state index < -0.39 is 21.8 Å². The van der Waals surface area contributed by atoms with Crippen LogP contribution in [-0.2, 0) is 14.9 Å². The van der Waals surface area contributed by atoms with Gasteiger partial charge in [0.15, 0.2) is 0 Å². The molecule has 0 rings (SSSR count). The van der Waals surface area contributed by atoms with E-state index in [1.54, 1.807) is 0 Å². The van der Waals surface area contributed by atoms with Gasteiger partial charge in [0.05, 0.1) is 5.75 Å². The molecule has 0 spiro atoms. The van der Waals surface area contributed by atoms with Gasteiger partial charge in [-0.2, -0.15) is 8.42 Å². The predicted octanol–water partition coefficient (Wildman–Crippen LogP) is -2.59. The van der Waals surface area contributed by atoms with Crippen LogP contribution in [-0.4, -0.2) is 29.8 Å². The van der Waals surface area contributed by atoms with Gasteiger partial charge in [-0.3, -0.25) is 4.55 Å². The minimum atomic E-state index is -3.98. The number of rotatable bonds is 4. The summed E-state index contributed by atoms with van der Waals surface area (Å²) in [7, 11) is -3.98. The number of carboxylic acids is 1. The van der Waals surface area contributed by atoms with Crippen LogP contribution in [0.4, 0.5) is 0 Å². The van der Waals surface area contributed by atoms with Gasteiger partial charge in [0, 0.05) is 5.57 Å². The van der Waals surface area contributed by atoms with Crippen LogP contribution in [0, 0.1) is 0 Å². The molecule has 0 atom stereocenters. The largest absolute Gasteiger partial charge is 1.00 e. The molecule has 0 heterocycles. The maximum atomic E-state index is 10.2. The van der Waals surface area contributed by atoms with Crippen molar-refractivity contribution < 1.29 is 43.2 Å². The number of aliphatic carboxylic acids is 1. The van der Waals surface area contributed by atoms with E-state index in [0.717, 1.165) is 0 Å². The zero-order valence-electron chi connectivity index (χ0n) is 8.52. The van der Waals surface area contributed by atoms with Crippen molar-refractivity contribution in [2.24, 2.45) is 0 Å². The molecule has 0 aliphatic rings. The first-order chi connectivity index (χ1) is 5.33. The Hall–Kier alpha value is -0.283. The van der Waals surface area contributed by atoms with Crippen LogP contribution in [0.1, 0.15) is 14.8 Å². The molecule has 0 aromatic heterocycles. The van der Waals surface area contributed by atoms with E-state index >= 15 is 0 Å². The van der Waals surface area contributed by atoms with E-state index in [4.69, 9.17) is 9.66 Å². The fourth-order valence-corrected chi connectivity index (χ4v) is 0.927. The van der Waals surface area contributed by atoms with Crippen molar-refractivity contribution in [3.05, 3.63) is 11.6 Å². The zero-order chi connectivity index (χ0) is 9.78. The van der Waals surface area contributed by atoms with Crippen molar-refractivity contribution in [3.63, 3.8) is 0 Å². The van der Waals surface area contributed by atoms with Gasteiger partial charge < -0.3 is 6.53 Å². The number of carboxylic acid groups (broad SMARTS) is 1.